The van der Waals surface area contributed by atoms with Gasteiger partial charge in [0, 0.05) is 16.6 Å². The summed E-state index contributed by atoms with van der Waals surface area (Å²) in [7, 11) is -2.25. The van der Waals surface area contributed by atoms with Crippen molar-refractivity contribution < 1.29 is 23.5 Å². The van der Waals surface area contributed by atoms with Gasteiger partial charge in [-0.15, -0.1) is 0 Å². The molecular formula is C28H44O5Si. The second kappa shape index (κ2) is 8.84. The molecule has 190 valence electrons. The van der Waals surface area contributed by atoms with Crippen molar-refractivity contribution in [2.24, 2.45) is 28.6 Å². The number of ketones is 2. The van der Waals surface area contributed by atoms with Crippen LogP contribution >= 0.6 is 0 Å². The average molecular weight is 489 g/mol. The van der Waals surface area contributed by atoms with Crippen molar-refractivity contribution >= 4 is 25.9 Å². The molecule has 0 spiro atoms. The van der Waals surface area contributed by atoms with Gasteiger partial charge in [0.25, 0.3) is 0 Å². The highest BCUT2D eigenvalue weighted by molar-refractivity contribution is 6.74. The van der Waals surface area contributed by atoms with E-state index in [1.54, 1.807) is 6.92 Å². The minimum Gasteiger partial charge on any atom is -0.463 e. The Morgan fingerprint density at radius 3 is 2.32 bits per heavy atom. The Hall–Kier alpha value is -1.53. The molecule has 1 unspecified atom stereocenters. The summed E-state index contributed by atoms with van der Waals surface area (Å²) in [5.41, 5.74) is -0.173. The van der Waals surface area contributed by atoms with Crippen LogP contribution in [0.4, 0.5) is 0 Å². The number of hydrogen-bond acceptors (Lipinski definition) is 5. The lowest BCUT2D eigenvalue weighted by molar-refractivity contribution is -0.140. The van der Waals surface area contributed by atoms with Crippen LogP contribution in [0.5, 0.6) is 0 Å². The fraction of sp³-hybridized carbons (Fsp3) is 0.750. The van der Waals surface area contributed by atoms with Gasteiger partial charge in [-0.3, -0.25) is 9.59 Å². The standard InChI is InChI=1S/C28H44O5Si/c1-11-32-25(31)18-13-12-14-27(7)15-16-28(8)19(17(2)3)24(33-34(9,10)26(4,5)6)23(30)21(28)22(29)20(18)27/h12,14,17,19,21,24H,11,13,15-16H2,1-10H3/t19-,21?,24-,27+,28+/m0/s1. The average Bonchev–Trinajstić information content (AvgIpc) is 2.86. The molecule has 0 aliphatic heterocycles. The minimum atomic E-state index is -2.25. The van der Waals surface area contributed by atoms with E-state index in [9.17, 15) is 14.4 Å². The Morgan fingerprint density at radius 2 is 1.79 bits per heavy atom. The number of carbonyl (C=O) groups is 3. The summed E-state index contributed by atoms with van der Waals surface area (Å²) in [5.74, 6) is -1.38. The molecule has 0 aromatic heterocycles. The molecule has 5 atom stereocenters. The maximum atomic E-state index is 14.3. The van der Waals surface area contributed by atoms with Gasteiger partial charge in [0.1, 0.15) is 6.10 Å². The Kier molecular flexibility index (Phi) is 7.04. The van der Waals surface area contributed by atoms with E-state index in [4.69, 9.17) is 9.16 Å². The Morgan fingerprint density at radius 1 is 1.18 bits per heavy atom. The van der Waals surface area contributed by atoms with Crippen LogP contribution in [-0.2, 0) is 23.5 Å². The third kappa shape index (κ3) is 4.19. The highest BCUT2D eigenvalue weighted by Crippen LogP contribution is 2.60. The lowest BCUT2D eigenvalue weighted by Crippen LogP contribution is -2.48. The first kappa shape index (κ1) is 27.1. The van der Waals surface area contributed by atoms with Crippen molar-refractivity contribution in [3.05, 3.63) is 23.3 Å². The van der Waals surface area contributed by atoms with Crippen molar-refractivity contribution in [2.75, 3.05) is 6.61 Å². The number of carbonyl (C=O) groups excluding carboxylic acids is 3. The van der Waals surface area contributed by atoms with E-state index in [0.29, 0.717) is 24.0 Å². The lowest BCUT2D eigenvalue weighted by Gasteiger charge is -2.43. The van der Waals surface area contributed by atoms with Crippen LogP contribution in [0.1, 0.15) is 74.7 Å². The number of rotatable bonds is 5. The van der Waals surface area contributed by atoms with Crippen LogP contribution < -0.4 is 0 Å². The van der Waals surface area contributed by atoms with E-state index in [-0.39, 0.29) is 35.0 Å². The highest BCUT2D eigenvalue weighted by atomic mass is 28.4. The van der Waals surface area contributed by atoms with Crippen LogP contribution in [-0.4, -0.2) is 38.6 Å². The fourth-order valence-corrected chi connectivity index (χ4v) is 7.61. The number of Topliss-reactive ketones (excluding diaryl/α,β-unsaturated/α-hetero) is 2. The van der Waals surface area contributed by atoms with E-state index in [0.717, 1.165) is 6.42 Å². The molecule has 0 saturated heterocycles. The van der Waals surface area contributed by atoms with Gasteiger partial charge in [-0.25, -0.2) is 4.79 Å². The first-order valence-corrected chi connectivity index (χ1v) is 15.8. The van der Waals surface area contributed by atoms with Crippen molar-refractivity contribution in [2.45, 2.75) is 98.9 Å². The SMILES string of the molecule is CCOC(=O)C1=C2C(=O)C3C(=O)[C@@H](O[Si](C)(C)C(C)(C)C)[C@H](C(C)C)[C@@]3(C)CC[C@@]2(C)C=CC1. The lowest BCUT2D eigenvalue weighted by atomic mass is 9.66. The zero-order chi connectivity index (χ0) is 25.9. The molecule has 3 aliphatic rings. The summed E-state index contributed by atoms with van der Waals surface area (Å²) in [5, 5.41) is -0.0449. The van der Waals surface area contributed by atoms with E-state index in [1.807, 2.05) is 13.0 Å². The second-order valence-corrected chi connectivity index (χ2v) is 17.6. The van der Waals surface area contributed by atoms with Crippen LogP contribution in [0, 0.1) is 28.6 Å². The van der Waals surface area contributed by atoms with Gasteiger partial charge in [-0.2, -0.15) is 0 Å². The van der Waals surface area contributed by atoms with Gasteiger partial charge in [-0.1, -0.05) is 60.6 Å². The van der Waals surface area contributed by atoms with Crippen LogP contribution in [0.25, 0.3) is 0 Å². The molecule has 0 aromatic carbocycles. The van der Waals surface area contributed by atoms with Crippen molar-refractivity contribution in [3.63, 3.8) is 0 Å². The van der Waals surface area contributed by atoms with E-state index in [2.05, 4.69) is 60.7 Å². The minimum absolute atomic E-state index is 0.0449. The Balaban J connectivity index is 2.16. The molecule has 0 bridgehead atoms. The first-order chi connectivity index (χ1) is 15.5. The molecule has 3 rings (SSSR count). The summed E-state index contributed by atoms with van der Waals surface area (Å²) >= 11 is 0. The number of allylic oxidation sites excluding steroid dienone is 3. The van der Waals surface area contributed by atoms with Crippen LogP contribution in [0.3, 0.4) is 0 Å². The van der Waals surface area contributed by atoms with Gasteiger partial charge in [0.15, 0.2) is 19.9 Å². The number of esters is 1. The number of hydrogen-bond donors (Lipinski definition) is 0. The molecular weight excluding hydrogens is 444 g/mol. The van der Waals surface area contributed by atoms with Gasteiger partial charge in [0.05, 0.1) is 12.5 Å². The predicted molar refractivity (Wildman–Crippen MR) is 137 cm³/mol. The second-order valence-electron chi connectivity index (χ2n) is 12.9. The molecule has 0 aromatic rings. The molecule has 34 heavy (non-hydrogen) atoms. The van der Waals surface area contributed by atoms with E-state index >= 15 is 0 Å². The van der Waals surface area contributed by atoms with Gasteiger partial charge in [-0.05, 0) is 61.6 Å². The third-order valence-electron chi connectivity index (χ3n) is 9.15. The molecule has 0 N–H and O–H groups in total. The third-order valence-corrected chi connectivity index (χ3v) is 13.6. The van der Waals surface area contributed by atoms with Crippen molar-refractivity contribution in [1.82, 2.24) is 0 Å². The summed E-state index contributed by atoms with van der Waals surface area (Å²) < 4.78 is 12.1. The largest absolute Gasteiger partial charge is 0.463 e. The molecule has 0 radical (unpaired) electrons. The topological polar surface area (TPSA) is 69.7 Å². The number of ether oxygens (including phenoxy) is 1. The number of fused-ring (bicyclic) bond motifs is 2. The molecule has 5 nitrogen and oxygen atoms in total. The van der Waals surface area contributed by atoms with E-state index < -0.39 is 37.1 Å². The Labute approximate surface area is 206 Å². The van der Waals surface area contributed by atoms with Gasteiger partial charge < -0.3 is 9.16 Å². The molecule has 0 heterocycles. The van der Waals surface area contributed by atoms with Gasteiger partial charge in [0.2, 0.25) is 0 Å². The summed E-state index contributed by atoms with van der Waals surface area (Å²) in [6.07, 6.45) is 5.25. The quantitative estimate of drug-likeness (QED) is 0.204. The zero-order valence-electron chi connectivity index (χ0n) is 22.8. The summed E-state index contributed by atoms with van der Waals surface area (Å²) in [6, 6.07) is 0. The molecule has 0 amide bonds. The predicted octanol–water partition coefficient (Wildman–Crippen LogP) is 6.04. The van der Waals surface area contributed by atoms with Crippen molar-refractivity contribution in [3.8, 4) is 0 Å². The smallest absolute Gasteiger partial charge is 0.334 e. The zero-order valence-corrected chi connectivity index (χ0v) is 23.8. The fourth-order valence-electron chi connectivity index (χ4n) is 6.36. The van der Waals surface area contributed by atoms with Crippen LogP contribution in [0.2, 0.25) is 18.1 Å². The monoisotopic (exact) mass is 488 g/mol. The maximum Gasteiger partial charge on any atom is 0.334 e. The Bertz CT molecular complexity index is 937. The summed E-state index contributed by atoms with van der Waals surface area (Å²) in [6.45, 7) is 21.3. The normalized spacial score (nSPS) is 34.3. The molecule has 2 fully saturated rings. The molecule has 2 saturated carbocycles. The summed E-state index contributed by atoms with van der Waals surface area (Å²) in [4.78, 5) is 41.3. The van der Waals surface area contributed by atoms with Crippen LogP contribution in [0.15, 0.2) is 23.3 Å². The maximum absolute atomic E-state index is 14.3. The highest BCUT2D eigenvalue weighted by Gasteiger charge is 2.65. The van der Waals surface area contributed by atoms with Gasteiger partial charge >= 0.3 is 5.97 Å². The molecule has 6 heteroatoms. The van der Waals surface area contributed by atoms with E-state index in [1.165, 1.54) is 0 Å². The van der Waals surface area contributed by atoms with Crippen molar-refractivity contribution in [1.29, 1.82) is 0 Å². The first-order valence-electron chi connectivity index (χ1n) is 12.9. The molecule has 3 aliphatic carbocycles.